The Balaban J connectivity index is 1.94. The zero-order valence-electron chi connectivity index (χ0n) is 14.9. The van der Waals surface area contributed by atoms with Gasteiger partial charge in [-0.05, 0) is 70.2 Å². The van der Waals surface area contributed by atoms with Gasteiger partial charge in [0.25, 0.3) is 0 Å². The molecule has 23 heavy (non-hydrogen) atoms. The largest absolute Gasteiger partial charge is 0.493 e. The number of methoxy groups -OCH3 is 1. The van der Waals surface area contributed by atoms with Gasteiger partial charge in [0.15, 0.2) is 11.5 Å². The summed E-state index contributed by atoms with van der Waals surface area (Å²) in [5.41, 5.74) is 3.16. The molecule has 3 nitrogen and oxygen atoms in total. The zero-order chi connectivity index (χ0) is 16.2. The van der Waals surface area contributed by atoms with Crippen molar-refractivity contribution in [3.63, 3.8) is 0 Å². The van der Waals surface area contributed by atoms with Crippen molar-refractivity contribution in [3.8, 4) is 11.5 Å². The van der Waals surface area contributed by atoms with Crippen molar-refractivity contribution in [2.45, 2.75) is 63.5 Å². The third kappa shape index (κ3) is 2.05. The van der Waals surface area contributed by atoms with Crippen molar-refractivity contribution in [1.82, 2.24) is 4.90 Å². The predicted octanol–water partition coefficient (Wildman–Crippen LogP) is 3.78. The molecule has 1 aliphatic carbocycles. The number of likely N-dealkylation sites (N-methyl/N-ethyl adjacent to an activating group) is 1. The van der Waals surface area contributed by atoms with Crippen LogP contribution in [0, 0.1) is 5.92 Å². The smallest absolute Gasteiger partial charge is 0.165 e. The first-order chi connectivity index (χ1) is 11.1. The summed E-state index contributed by atoms with van der Waals surface area (Å²) < 4.78 is 12.2. The molecular weight excluding hydrogens is 286 g/mol. The van der Waals surface area contributed by atoms with Gasteiger partial charge < -0.3 is 14.4 Å². The van der Waals surface area contributed by atoms with Crippen LogP contribution in [0.15, 0.2) is 12.1 Å². The van der Waals surface area contributed by atoms with Gasteiger partial charge in [0.2, 0.25) is 0 Å². The number of hydrogen-bond acceptors (Lipinski definition) is 3. The number of rotatable bonds is 1. The van der Waals surface area contributed by atoms with Crippen molar-refractivity contribution in [2.24, 2.45) is 5.92 Å². The monoisotopic (exact) mass is 315 g/mol. The highest BCUT2D eigenvalue weighted by atomic mass is 16.5. The molecule has 2 aliphatic heterocycles. The predicted molar refractivity (Wildman–Crippen MR) is 92.5 cm³/mol. The minimum atomic E-state index is 0.186. The summed E-state index contributed by atoms with van der Waals surface area (Å²) in [5.74, 6) is 2.65. The maximum Gasteiger partial charge on any atom is 0.165 e. The average molecular weight is 315 g/mol. The summed E-state index contributed by atoms with van der Waals surface area (Å²) in [4.78, 5) is 2.53. The second-order valence-electron chi connectivity index (χ2n) is 7.89. The van der Waals surface area contributed by atoms with E-state index >= 15 is 0 Å². The minimum absolute atomic E-state index is 0.186. The molecule has 3 aliphatic rings. The molecule has 2 unspecified atom stereocenters. The SMILES string of the molecule is COc1ccc2c3c1O[C@H]1CCCC(C)[C@@]31CCN(C)C(C)C2. The Morgan fingerprint density at radius 2 is 2.09 bits per heavy atom. The van der Waals surface area contributed by atoms with Gasteiger partial charge in [-0.15, -0.1) is 0 Å². The van der Waals surface area contributed by atoms with Crippen LogP contribution in [0.2, 0.25) is 0 Å². The Labute approximate surface area is 140 Å². The van der Waals surface area contributed by atoms with E-state index in [0.29, 0.717) is 18.1 Å². The molecule has 1 aromatic carbocycles. The van der Waals surface area contributed by atoms with Crippen LogP contribution >= 0.6 is 0 Å². The van der Waals surface area contributed by atoms with Crippen molar-refractivity contribution in [2.75, 3.05) is 20.7 Å². The highest BCUT2D eigenvalue weighted by molar-refractivity contribution is 5.59. The van der Waals surface area contributed by atoms with Crippen LogP contribution in [0.3, 0.4) is 0 Å². The van der Waals surface area contributed by atoms with E-state index in [9.17, 15) is 0 Å². The topological polar surface area (TPSA) is 21.7 Å². The maximum atomic E-state index is 6.56. The standard InChI is InChI=1S/C20H29NO2/c1-13-6-5-7-17-20(13)10-11-21(3)14(2)12-15-8-9-16(22-4)19(23-17)18(15)20/h8-9,13-14,17H,5-7,10-12H2,1-4H3/t13?,14?,17-,20+/m0/s1. The van der Waals surface area contributed by atoms with Gasteiger partial charge in [0.1, 0.15) is 6.10 Å². The Morgan fingerprint density at radius 1 is 1.26 bits per heavy atom. The van der Waals surface area contributed by atoms with Crippen molar-refractivity contribution in [3.05, 3.63) is 23.3 Å². The molecule has 1 fully saturated rings. The van der Waals surface area contributed by atoms with E-state index in [0.717, 1.165) is 24.5 Å². The first-order valence-electron chi connectivity index (χ1n) is 9.15. The molecule has 126 valence electrons. The average Bonchev–Trinajstić information content (AvgIpc) is 2.88. The molecule has 3 heteroatoms. The van der Waals surface area contributed by atoms with Gasteiger partial charge in [-0.3, -0.25) is 0 Å². The van der Waals surface area contributed by atoms with Gasteiger partial charge in [-0.2, -0.15) is 0 Å². The van der Waals surface area contributed by atoms with E-state index in [1.54, 1.807) is 7.11 Å². The van der Waals surface area contributed by atoms with E-state index in [2.05, 4.69) is 37.9 Å². The molecule has 1 aromatic rings. The van der Waals surface area contributed by atoms with E-state index in [1.165, 1.54) is 36.8 Å². The number of benzene rings is 1. The van der Waals surface area contributed by atoms with Crippen LogP contribution in [0.25, 0.3) is 0 Å². The van der Waals surface area contributed by atoms with Crippen molar-refractivity contribution < 1.29 is 9.47 Å². The summed E-state index contributed by atoms with van der Waals surface area (Å²) in [7, 11) is 4.04. The maximum absolute atomic E-state index is 6.56. The number of ether oxygens (including phenoxy) is 2. The molecular formula is C20H29NO2. The molecule has 4 atom stereocenters. The Morgan fingerprint density at radius 3 is 2.87 bits per heavy atom. The van der Waals surface area contributed by atoms with Gasteiger partial charge in [-0.25, -0.2) is 0 Å². The third-order valence-corrected chi connectivity index (χ3v) is 6.86. The van der Waals surface area contributed by atoms with Crippen LogP contribution < -0.4 is 9.47 Å². The van der Waals surface area contributed by atoms with Gasteiger partial charge in [0.05, 0.1) is 7.11 Å². The molecule has 4 rings (SSSR count). The highest BCUT2D eigenvalue weighted by Gasteiger charge is 2.56. The van der Waals surface area contributed by atoms with Crippen molar-refractivity contribution in [1.29, 1.82) is 0 Å². The number of hydrogen-bond donors (Lipinski definition) is 0. The molecule has 0 amide bonds. The fourth-order valence-electron chi connectivity index (χ4n) is 5.31. The van der Waals surface area contributed by atoms with Crippen LogP contribution in [0.4, 0.5) is 0 Å². The molecule has 0 bridgehead atoms. The summed E-state index contributed by atoms with van der Waals surface area (Å²) in [5, 5.41) is 0. The fourth-order valence-corrected chi connectivity index (χ4v) is 5.31. The van der Waals surface area contributed by atoms with Crippen LogP contribution in [-0.4, -0.2) is 37.7 Å². The Bertz CT molecular complexity index is 614. The summed E-state index contributed by atoms with van der Waals surface area (Å²) in [6, 6.07) is 4.98. The highest BCUT2D eigenvalue weighted by Crippen LogP contribution is 2.59. The molecule has 0 aromatic heterocycles. The quantitative estimate of drug-likeness (QED) is 0.787. The molecule has 0 N–H and O–H groups in total. The van der Waals surface area contributed by atoms with Crippen LogP contribution in [-0.2, 0) is 11.8 Å². The summed E-state index contributed by atoms with van der Waals surface area (Å²) in [6.45, 7) is 5.94. The molecule has 1 saturated carbocycles. The fraction of sp³-hybridized carbons (Fsp3) is 0.700. The lowest BCUT2D eigenvalue weighted by Gasteiger charge is -2.46. The van der Waals surface area contributed by atoms with Crippen LogP contribution in [0.5, 0.6) is 11.5 Å². The lowest BCUT2D eigenvalue weighted by atomic mass is 9.59. The van der Waals surface area contributed by atoms with E-state index in [4.69, 9.17) is 9.47 Å². The second kappa shape index (κ2) is 5.41. The van der Waals surface area contributed by atoms with E-state index < -0.39 is 0 Å². The lowest BCUT2D eigenvalue weighted by molar-refractivity contribution is 0.0414. The van der Waals surface area contributed by atoms with Gasteiger partial charge in [-0.1, -0.05) is 13.0 Å². The molecule has 0 saturated heterocycles. The zero-order valence-corrected chi connectivity index (χ0v) is 14.9. The minimum Gasteiger partial charge on any atom is -0.493 e. The molecule has 1 spiro atoms. The summed E-state index contributed by atoms with van der Waals surface area (Å²) >= 11 is 0. The summed E-state index contributed by atoms with van der Waals surface area (Å²) in [6.07, 6.45) is 6.42. The van der Waals surface area contributed by atoms with Crippen molar-refractivity contribution >= 4 is 0 Å². The van der Waals surface area contributed by atoms with Crippen LogP contribution in [0.1, 0.15) is 50.7 Å². The molecule has 0 radical (unpaired) electrons. The Kier molecular flexibility index (Phi) is 3.60. The lowest BCUT2D eigenvalue weighted by Crippen LogP contribution is -2.50. The molecule has 2 heterocycles. The third-order valence-electron chi connectivity index (χ3n) is 6.86. The first-order valence-corrected chi connectivity index (χ1v) is 9.15. The first kappa shape index (κ1) is 15.3. The number of nitrogens with zero attached hydrogens (tertiary/aromatic N) is 1. The van der Waals surface area contributed by atoms with Gasteiger partial charge in [0, 0.05) is 17.0 Å². The van der Waals surface area contributed by atoms with E-state index in [1.807, 2.05) is 0 Å². The normalized spacial score (nSPS) is 36.4. The van der Waals surface area contributed by atoms with E-state index in [-0.39, 0.29) is 5.41 Å². The Hall–Kier alpha value is -1.22. The van der Waals surface area contributed by atoms with Gasteiger partial charge >= 0.3 is 0 Å². The second-order valence-corrected chi connectivity index (χ2v) is 7.89.